The molecule has 2 aromatic rings. The molecule has 2 heterocycles. The molecule has 1 saturated heterocycles. The minimum Gasteiger partial charge on any atom is -0.344 e. The molecule has 2 atom stereocenters. The maximum absolute atomic E-state index is 12.7. The summed E-state index contributed by atoms with van der Waals surface area (Å²) >= 11 is 0. The Morgan fingerprint density at radius 3 is 2.73 bits per heavy atom. The Morgan fingerprint density at radius 1 is 1.31 bits per heavy atom. The number of halogens is 1. The first kappa shape index (κ1) is 20.5. The number of benzene rings is 1. The number of hydrogen-bond acceptors (Lipinski definition) is 3. The van der Waals surface area contributed by atoms with Gasteiger partial charge in [0.1, 0.15) is 5.69 Å². The highest BCUT2D eigenvalue weighted by molar-refractivity contribution is 5.92. The van der Waals surface area contributed by atoms with Crippen LogP contribution in [0.3, 0.4) is 0 Å². The van der Waals surface area contributed by atoms with Crippen molar-refractivity contribution in [3.63, 3.8) is 0 Å². The zero-order chi connectivity index (χ0) is 17.8. The third-order valence-electron chi connectivity index (χ3n) is 4.96. The Bertz CT molecular complexity index is 722. The summed E-state index contributed by atoms with van der Waals surface area (Å²) in [5, 5.41) is 11.1. The summed E-state index contributed by atoms with van der Waals surface area (Å²) < 4.78 is 1.93. The molecular formula is C20H29ClN4O. The molecule has 0 radical (unpaired) electrons. The Labute approximate surface area is 162 Å². The predicted octanol–water partition coefficient (Wildman–Crippen LogP) is 3.66. The van der Waals surface area contributed by atoms with Gasteiger partial charge in [-0.2, -0.15) is 5.10 Å². The summed E-state index contributed by atoms with van der Waals surface area (Å²) in [6, 6.07) is 10.4. The lowest BCUT2D eigenvalue weighted by atomic mass is 9.92. The molecule has 1 aromatic carbocycles. The number of carbonyl (C=O) groups excluding carboxylic acids is 1. The summed E-state index contributed by atoms with van der Waals surface area (Å²) in [5.41, 5.74) is 2.85. The van der Waals surface area contributed by atoms with Crippen molar-refractivity contribution in [1.29, 1.82) is 0 Å². The molecule has 1 aromatic heterocycles. The number of hydrogen-bond donors (Lipinski definition) is 2. The smallest absolute Gasteiger partial charge is 0.272 e. The second kappa shape index (κ2) is 9.19. The summed E-state index contributed by atoms with van der Waals surface area (Å²) in [6.07, 6.45) is 4.17. The number of rotatable bonds is 5. The highest BCUT2D eigenvalue weighted by atomic mass is 35.5. The monoisotopic (exact) mass is 376 g/mol. The van der Waals surface area contributed by atoms with Crippen LogP contribution in [0, 0.1) is 12.8 Å². The molecule has 142 valence electrons. The first-order valence-corrected chi connectivity index (χ1v) is 9.18. The summed E-state index contributed by atoms with van der Waals surface area (Å²) in [7, 11) is 0. The highest BCUT2D eigenvalue weighted by Crippen LogP contribution is 2.25. The third kappa shape index (κ3) is 4.65. The van der Waals surface area contributed by atoms with E-state index in [2.05, 4.69) is 48.6 Å². The average molecular weight is 377 g/mol. The van der Waals surface area contributed by atoms with Crippen molar-refractivity contribution in [2.75, 3.05) is 13.1 Å². The molecule has 0 aliphatic carbocycles. The van der Waals surface area contributed by atoms with Crippen LogP contribution in [0.15, 0.2) is 36.5 Å². The van der Waals surface area contributed by atoms with Crippen LogP contribution in [0.5, 0.6) is 0 Å². The summed E-state index contributed by atoms with van der Waals surface area (Å²) in [6.45, 7) is 8.33. The van der Waals surface area contributed by atoms with Gasteiger partial charge >= 0.3 is 0 Å². The normalized spacial score (nSPS) is 18.2. The van der Waals surface area contributed by atoms with E-state index in [1.54, 1.807) is 0 Å². The Morgan fingerprint density at radius 2 is 2.08 bits per heavy atom. The van der Waals surface area contributed by atoms with Crippen LogP contribution in [0.4, 0.5) is 0 Å². The largest absolute Gasteiger partial charge is 0.344 e. The third-order valence-corrected chi connectivity index (χ3v) is 4.96. The highest BCUT2D eigenvalue weighted by Gasteiger charge is 2.23. The molecule has 1 aliphatic heterocycles. The minimum absolute atomic E-state index is 0. The lowest BCUT2D eigenvalue weighted by Gasteiger charge is -2.24. The standard InChI is InChI=1S/C20H28N4O.ClH/c1-14(2)19(17-9-5-4-7-15(17)3)22-20(25)18-10-12-24(23-18)16-8-6-11-21-13-16;/h4-5,7,9-10,12,14,16,19,21H,6,8,11,13H2,1-3H3,(H,22,25);1H. The molecule has 26 heavy (non-hydrogen) atoms. The Kier molecular flexibility index (Phi) is 7.23. The molecule has 1 fully saturated rings. The van der Waals surface area contributed by atoms with E-state index < -0.39 is 0 Å². The second-order valence-electron chi connectivity index (χ2n) is 7.23. The maximum Gasteiger partial charge on any atom is 0.272 e. The quantitative estimate of drug-likeness (QED) is 0.837. The minimum atomic E-state index is -0.107. The molecule has 3 rings (SSSR count). The van der Waals surface area contributed by atoms with Gasteiger partial charge in [-0.3, -0.25) is 9.48 Å². The molecule has 1 aliphatic rings. The number of carbonyl (C=O) groups is 1. The molecule has 5 nitrogen and oxygen atoms in total. The van der Waals surface area contributed by atoms with Crippen molar-refractivity contribution in [3.05, 3.63) is 53.3 Å². The van der Waals surface area contributed by atoms with Crippen LogP contribution in [-0.4, -0.2) is 28.8 Å². The number of nitrogens with one attached hydrogen (secondary N) is 2. The predicted molar refractivity (Wildman–Crippen MR) is 107 cm³/mol. The van der Waals surface area contributed by atoms with Gasteiger partial charge in [-0.1, -0.05) is 38.1 Å². The Balaban J connectivity index is 0.00000243. The molecule has 0 spiro atoms. The van der Waals surface area contributed by atoms with Crippen molar-refractivity contribution in [1.82, 2.24) is 20.4 Å². The van der Waals surface area contributed by atoms with Crippen LogP contribution in [0.2, 0.25) is 0 Å². The van der Waals surface area contributed by atoms with E-state index in [-0.39, 0.29) is 24.4 Å². The zero-order valence-corrected chi connectivity index (χ0v) is 16.6. The summed E-state index contributed by atoms with van der Waals surface area (Å²) in [5.74, 6) is 0.194. The fourth-order valence-electron chi connectivity index (χ4n) is 3.48. The molecule has 0 saturated carbocycles. The molecule has 2 N–H and O–H groups in total. The van der Waals surface area contributed by atoms with Gasteiger partial charge in [0.15, 0.2) is 0 Å². The van der Waals surface area contributed by atoms with Gasteiger partial charge in [0.25, 0.3) is 5.91 Å². The van der Waals surface area contributed by atoms with Crippen molar-refractivity contribution in [3.8, 4) is 0 Å². The first-order valence-electron chi connectivity index (χ1n) is 9.18. The van der Waals surface area contributed by atoms with Crippen LogP contribution < -0.4 is 10.6 Å². The lowest BCUT2D eigenvalue weighted by molar-refractivity contribution is 0.0919. The van der Waals surface area contributed by atoms with Gasteiger partial charge in [-0.25, -0.2) is 0 Å². The van der Waals surface area contributed by atoms with Crippen LogP contribution >= 0.6 is 12.4 Å². The number of amides is 1. The van der Waals surface area contributed by atoms with E-state index in [1.165, 1.54) is 11.1 Å². The van der Waals surface area contributed by atoms with Gasteiger partial charge in [-0.05, 0) is 49.4 Å². The van der Waals surface area contributed by atoms with E-state index in [0.29, 0.717) is 17.7 Å². The van der Waals surface area contributed by atoms with Crippen molar-refractivity contribution in [2.45, 2.75) is 45.7 Å². The first-order chi connectivity index (χ1) is 12.1. The maximum atomic E-state index is 12.7. The topological polar surface area (TPSA) is 59.0 Å². The average Bonchev–Trinajstić information content (AvgIpc) is 3.11. The van der Waals surface area contributed by atoms with Gasteiger partial charge in [0.05, 0.1) is 12.1 Å². The van der Waals surface area contributed by atoms with Crippen LogP contribution in [-0.2, 0) is 0 Å². The molecule has 2 unspecified atom stereocenters. The van der Waals surface area contributed by atoms with Gasteiger partial charge in [0.2, 0.25) is 0 Å². The molecule has 6 heteroatoms. The number of nitrogens with zero attached hydrogens (tertiary/aromatic N) is 2. The van der Waals surface area contributed by atoms with Gasteiger partial charge < -0.3 is 10.6 Å². The van der Waals surface area contributed by atoms with Gasteiger partial charge in [-0.15, -0.1) is 12.4 Å². The Hall–Kier alpha value is -1.85. The van der Waals surface area contributed by atoms with E-state index >= 15 is 0 Å². The fourth-order valence-corrected chi connectivity index (χ4v) is 3.48. The fraction of sp³-hybridized carbons (Fsp3) is 0.500. The van der Waals surface area contributed by atoms with E-state index in [0.717, 1.165) is 25.9 Å². The molecular weight excluding hydrogens is 348 g/mol. The second-order valence-corrected chi connectivity index (χ2v) is 7.23. The van der Waals surface area contributed by atoms with E-state index in [9.17, 15) is 4.79 Å². The van der Waals surface area contributed by atoms with Crippen LogP contribution in [0.25, 0.3) is 0 Å². The SMILES string of the molecule is Cc1ccccc1C(NC(=O)c1ccn(C2CCCNC2)n1)C(C)C.Cl. The van der Waals surface area contributed by atoms with Crippen molar-refractivity contribution >= 4 is 18.3 Å². The van der Waals surface area contributed by atoms with Gasteiger partial charge in [0, 0.05) is 12.7 Å². The van der Waals surface area contributed by atoms with Crippen molar-refractivity contribution < 1.29 is 4.79 Å². The zero-order valence-electron chi connectivity index (χ0n) is 15.7. The molecule has 1 amide bonds. The van der Waals surface area contributed by atoms with Crippen molar-refractivity contribution in [2.24, 2.45) is 5.92 Å². The number of piperidine rings is 1. The molecule has 0 bridgehead atoms. The number of aromatic nitrogens is 2. The summed E-state index contributed by atoms with van der Waals surface area (Å²) in [4.78, 5) is 12.7. The lowest BCUT2D eigenvalue weighted by Crippen LogP contribution is -2.33. The van der Waals surface area contributed by atoms with E-state index in [4.69, 9.17) is 0 Å². The number of aryl methyl sites for hydroxylation is 1. The van der Waals surface area contributed by atoms with Crippen LogP contribution in [0.1, 0.15) is 60.4 Å². The van der Waals surface area contributed by atoms with E-state index in [1.807, 2.05) is 29.1 Å².